The SMILES string of the molecule is CC(C)(C)OCCCOc1ccc(C(N)=S)cc1. The highest BCUT2D eigenvalue weighted by molar-refractivity contribution is 7.80. The topological polar surface area (TPSA) is 44.5 Å². The van der Waals surface area contributed by atoms with E-state index < -0.39 is 0 Å². The number of hydrogen-bond donors (Lipinski definition) is 1. The summed E-state index contributed by atoms with van der Waals surface area (Å²) in [6.45, 7) is 7.48. The van der Waals surface area contributed by atoms with E-state index in [1.165, 1.54) is 0 Å². The Morgan fingerprint density at radius 1 is 1.17 bits per heavy atom. The average molecular weight is 267 g/mol. The van der Waals surface area contributed by atoms with Gasteiger partial charge in [0.05, 0.1) is 18.8 Å². The van der Waals surface area contributed by atoms with Crippen LogP contribution >= 0.6 is 12.2 Å². The predicted molar refractivity (Wildman–Crippen MR) is 78.1 cm³/mol. The van der Waals surface area contributed by atoms with Gasteiger partial charge in [0.15, 0.2) is 0 Å². The summed E-state index contributed by atoms with van der Waals surface area (Å²) in [5.74, 6) is 0.825. The van der Waals surface area contributed by atoms with Crippen molar-refractivity contribution in [2.45, 2.75) is 32.8 Å². The molecule has 0 saturated heterocycles. The normalized spacial score (nSPS) is 11.3. The molecule has 1 aromatic carbocycles. The maximum absolute atomic E-state index is 5.60. The molecule has 3 nitrogen and oxygen atoms in total. The minimum atomic E-state index is -0.0849. The number of hydrogen-bond acceptors (Lipinski definition) is 3. The summed E-state index contributed by atoms with van der Waals surface area (Å²) in [7, 11) is 0. The minimum absolute atomic E-state index is 0.0849. The zero-order valence-electron chi connectivity index (χ0n) is 11.2. The molecule has 1 rings (SSSR count). The van der Waals surface area contributed by atoms with Crippen LogP contribution in [0.5, 0.6) is 5.75 Å². The van der Waals surface area contributed by atoms with Crippen LogP contribution in [0.4, 0.5) is 0 Å². The highest BCUT2D eigenvalue weighted by atomic mass is 32.1. The molecule has 0 heterocycles. The van der Waals surface area contributed by atoms with Gasteiger partial charge in [-0.2, -0.15) is 0 Å². The van der Waals surface area contributed by atoms with Gasteiger partial charge < -0.3 is 15.2 Å². The van der Waals surface area contributed by atoms with E-state index in [9.17, 15) is 0 Å². The van der Waals surface area contributed by atoms with E-state index in [2.05, 4.69) is 0 Å². The summed E-state index contributed by atoms with van der Waals surface area (Å²) < 4.78 is 11.2. The van der Waals surface area contributed by atoms with Gasteiger partial charge in [0.25, 0.3) is 0 Å². The van der Waals surface area contributed by atoms with Crippen LogP contribution in [0.3, 0.4) is 0 Å². The molecule has 0 radical (unpaired) electrons. The van der Waals surface area contributed by atoms with Gasteiger partial charge in [0, 0.05) is 12.0 Å². The maximum atomic E-state index is 5.60. The van der Waals surface area contributed by atoms with Gasteiger partial charge in [0.2, 0.25) is 0 Å². The maximum Gasteiger partial charge on any atom is 0.119 e. The fourth-order valence-corrected chi connectivity index (χ4v) is 1.48. The standard InChI is InChI=1S/C14H21NO2S/c1-14(2,3)17-10-4-9-16-12-7-5-11(6-8-12)13(15)18/h5-8H,4,9-10H2,1-3H3,(H2,15,18). The molecule has 4 heteroatoms. The Bertz CT molecular complexity index is 382. The van der Waals surface area contributed by atoms with E-state index in [0.29, 0.717) is 18.2 Å². The molecule has 0 atom stereocenters. The van der Waals surface area contributed by atoms with Crippen molar-refractivity contribution in [3.8, 4) is 5.75 Å². The van der Waals surface area contributed by atoms with E-state index in [-0.39, 0.29) is 5.60 Å². The molecular formula is C14H21NO2S. The number of thiocarbonyl (C=S) groups is 1. The second-order valence-corrected chi connectivity index (χ2v) is 5.49. The number of rotatable bonds is 6. The van der Waals surface area contributed by atoms with Crippen LogP contribution in [0, 0.1) is 0 Å². The van der Waals surface area contributed by atoms with Crippen LogP contribution in [0.1, 0.15) is 32.8 Å². The van der Waals surface area contributed by atoms with Crippen LogP contribution in [-0.2, 0) is 4.74 Å². The molecule has 1 aromatic rings. The molecular weight excluding hydrogens is 246 g/mol. The lowest BCUT2D eigenvalue weighted by Crippen LogP contribution is -2.20. The second-order valence-electron chi connectivity index (χ2n) is 5.05. The van der Waals surface area contributed by atoms with Crippen molar-refractivity contribution in [2.75, 3.05) is 13.2 Å². The van der Waals surface area contributed by atoms with E-state index in [4.69, 9.17) is 27.4 Å². The van der Waals surface area contributed by atoms with Crippen LogP contribution in [0.25, 0.3) is 0 Å². The van der Waals surface area contributed by atoms with Gasteiger partial charge in [0.1, 0.15) is 10.7 Å². The van der Waals surface area contributed by atoms with Crippen molar-refractivity contribution in [1.82, 2.24) is 0 Å². The van der Waals surface area contributed by atoms with Crippen LogP contribution < -0.4 is 10.5 Å². The second kappa shape index (κ2) is 6.71. The minimum Gasteiger partial charge on any atom is -0.494 e. The van der Waals surface area contributed by atoms with Crippen molar-refractivity contribution >= 4 is 17.2 Å². The Kier molecular flexibility index (Phi) is 5.56. The molecule has 0 aliphatic rings. The number of nitrogens with two attached hydrogens (primary N) is 1. The molecule has 0 aliphatic heterocycles. The van der Waals surface area contributed by atoms with Crippen molar-refractivity contribution < 1.29 is 9.47 Å². The summed E-state index contributed by atoms with van der Waals surface area (Å²) in [4.78, 5) is 0.403. The van der Waals surface area contributed by atoms with Gasteiger partial charge in [-0.25, -0.2) is 0 Å². The lowest BCUT2D eigenvalue weighted by molar-refractivity contribution is -0.00768. The largest absolute Gasteiger partial charge is 0.494 e. The first-order valence-corrected chi connectivity index (χ1v) is 6.46. The van der Waals surface area contributed by atoms with Crippen molar-refractivity contribution in [2.24, 2.45) is 5.73 Å². The fraction of sp³-hybridized carbons (Fsp3) is 0.500. The van der Waals surface area contributed by atoms with Gasteiger partial charge in [-0.3, -0.25) is 0 Å². The predicted octanol–water partition coefficient (Wildman–Crippen LogP) is 2.90. The quantitative estimate of drug-likeness (QED) is 0.636. The third-order valence-electron chi connectivity index (χ3n) is 2.23. The van der Waals surface area contributed by atoms with Crippen molar-refractivity contribution in [1.29, 1.82) is 0 Å². The number of benzene rings is 1. The third-order valence-corrected chi connectivity index (χ3v) is 2.47. The third kappa shape index (κ3) is 5.98. The molecule has 0 unspecified atom stereocenters. The Morgan fingerprint density at radius 3 is 2.28 bits per heavy atom. The molecule has 0 bridgehead atoms. The lowest BCUT2D eigenvalue weighted by atomic mass is 10.2. The molecule has 0 fully saturated rings. The van der Waals surface area contributed by atoms with E-state index in [0.717, 1.165) is 17.7 Å². The molecule has 100 valence electrons. The Hall–Kier alpha value is -1.13. The number of ether oxygens (including phenoxy) is 2. The Labute approximate surface area is 114 Å². The fourth-order valence-electron chi connectivity index (χ4n) is 1.34. The Morgan fingerprint density at radius 2 is 1.78 bits per heavy atom. The van der Waals surface area contributed by atoms with Gasteiger partial charge in [-0.05, 0) is 45.0 Å². The summed E-state index contributed by atoms with van der Waals surface area (Å²) in [6.07, 6.45) is 0.869. The average Bonchev–Trinajstić information content (AvgIpc) is 2.27. The molecule has 0 amide bonds. The molecule has 0 saturated carbocycles. The van der Waals surface area contributed by atoms with Crippen molar-refractivity contribution in [3.05, 3.63) is 29.8 Å². The molecule has 0 spiro atoms. The smallest absolute Gasteiger partial charge is 0.119 e. The summed E-state index contributed by atoms with van der Waals surface area (Å²) in [5, 5.41) is 0. The Balaban J connectivity index is 2.25. The van der Waals surface area contributed by atoms with E-state index in [1.54, 1.807) is 0 Å². The van der Waals surface area contributed by atoms with Crippen LogP contribution in [0.15, 0.2) is 24.3 Å². The van der Waals surface area contributed by atoms with Crippen LogP contribution in [-0.4, -0.2) is 23.8 Å². The summed E-state index contributed by atoms with van der Waals surface area (Å²) >= 11 is 4.88. The zero-order chi connectivity index (χ0) is 13.6. The highest BCUT2D eigenvalue weighted by Gasteiger charge is 2.08. The monoisotopic (exact) mass is 267 g/mol. The van der Waals surface area contributed by atoms with E-state index >= 15 is 0 Å². The van der Waals surface area contributed by atoms with Crippen molar-refractivity contribution in [3.63, 3.8) is 0 Å². The van der Waals surface area contributed by atoms with Gasteiger partial charge in [-0.1, -0.05) is 12.2 Å². The first kappa shape index (κ1) is 14.9. The lowest BCUT2D eigenvalue weighted by Gasteiger charge is -2.19. The molecule has 2 N–H and O–H groups in total. The first-order chi connectivity index (χ1) is 8.38. The van der Waals surface area contributed by atoms with E-state index in [1.807, 2.05) is 45.0 Å². The summed E-state index contributed by atoms with van der Waals surface area (Å²) in [6, 6.07) is 7.48. The first-order valence-electron chi connectivity index (χ1n) is 6.05. The van der Waals surface area contributed by atoms with Crippen LogP contribution in [0.2, 0.25) is 0 Å². The van der Waals surface area contributed by atoms with Gasteiger partial charge >= 0.3 is 0 Å². The summed E-state index contributed by atoms with van der Waals surface area (Å²) in [5.41, 5.74) is 6.29. The molecule has 0 aromatic heterocycles. The molecule has 18 heavy (non-hydrogen) atoms. The highest BCUT2D eigenvalue weighted by Crippen LogP contribution is 2.13. The zero-order valence-corrected chi connectivity index (χ0v) is 12.0. The van der Waals surface area contributed by atoms with Gasteiger partial charge in [-0.15, -0.1) is 0 Å². The molecule has 0 aliphatic carbocycles.